The van der Waals surface area contributed by atoms with Gasteiger partial charge in [-0.1, -0.05) is 42.1 Å². The second-order valence-electron chi connectivity index (χ2n) is 5.93. The van der Waals surface area contributed by atoms with Gasteiger partial charge in [0.05, 0.1) is 16.8 Å². The van der Waals surface area contributed by atoms with Gasteiger partial charge in [-0.15, -0.1) is 0 Å². The summed E-state index contributed by atoms with van der Waals surface area (Å²) < 4.78 is 2.14. The molecule has 0 saturated carbocycles. The number of benzene rings is 2. The second-order valence-corrected chi connectivity index (χ2v) is 6.87. The molecule has 0 N–H and O–H groups in total. The first kappa shape index (κ1) is 15.3. The third-order valence-electron chi connectivity index (χ3n) is 4.33. The summed E-state index contributed by atoms with van der Waals surface area (Å²) in [7, 11) is 0. The molecule has 0 radical (unpaired) electrons. The van der Waals surface area contributed by atoms with E-state index in [1.54, 1.807) is 0 Å². The van der Waals surface area contributed by atoms with Crippen LogP contribution in [0.1, 0.15) is 12.8 Å². The molecule has 1 aliphatic rings. The topological polar surface area (TPSA) is 38.1 Å². The number of imidazole rings is 1. The first-order valence-electron chi connectivity index (χ1n) is 8.26. The van der Waals surface area contributed by atoms with E-state index in [0.717, 1.165) is 47.8 Å². The van der Waals surface area contributed by atoms with Crippen LogP contribution in [0.25, 0.3) is 16.7 Å². The number of para-hydroxylation sites is 3. The van der Waals surface area contributed by atoms with Crippen LogP contribution in [-0.4, -0.2) is 39.2 Å². The molecule has 0 aliphatic carbocycles. The predicted molar refractivity (Wildman–Crippen MR) is 97.6 cm³/mol. The highest BCUT2D eigenvalue weighted by Crippen LogP contribution is 2.28. The van der Waals surface area contributed by atoms with Gasteiger partial charge in [0, 0.05) is 18.8 Å². The van der Waals surface area contributed by atoms with Crippen LogP contribution in [0.3, 0.4) is 0 Å². The molecule has 1 aliphatic heterocycles. The van der Waals surface area contributed by atoms with Crippen LogP contribution >= 0.6 is 11.8 Å². The van der Waals surface area contributed by atoms with Crippen LogP contribution in [0.5, 0.6) is 0 Å². The molecule has 122 valence electrons. The van der Waals surface area contributed by atoms with E-state index in [2.05, 4.69) is 22.8 Å². The lowest BCUT2D eigenvalue weighted by Gasteiger charge is -2.15. The molecular formula is C19H19N3OS. The molecule has 4 nitrogen and oxygen atoms in total. The highest BCUT2D eigenvalue weighted by Gasteiger charge is 2.20. The lowest BCUT2D eigenvalue weighted by atomic mass is 10.3. The number of amides is 1. The zero-order valence-corrected chi connectivity index (χ0v) is 14.2. The molecular weight excluding hydrogens is 318 g/mol. The lowest BCUT2D eigenvalue weighted by molar-refractivity contribution is -0.127. The largest absolute Gasteiger partial charge is 0.342 e. The number of nitrogens with zero attached hydrogens (tertiary/aromatic N) is 3. The van der Waals surface area contributed by atoms with E-state index >= 15 is 0 Å². The van der Waals surface area contributed by atoms with Gasteiger partial charge in [0.1, 0.15) is 0 Å². The molecule has 1 aromatic heterocycles. The van der Waals surface area contributed by atoms with Crippen LogP contribution in [0, 0.1) is 0 Å². The average Bonchev–Trinajstić information content (AvgIpc) is 3.28. The highest BCUT2D eigenvalue weighted by atomic mass is 32.2. The summed E-state index contributed by atoms with van der Waals surface area (Å²) in [5.74, 6) is 0.653. The molecule has 1 amide bonds. The van der Waals surface area contributed by atoms with Gasteiger partial charge in [0.25, 0.3) is 0 Å². The van der Waals surface area contributed by atoms with Crippen molar-refractivity contribution in [1.29, 1.82) is 0 Å². The smallest absolute Gasteiger partial charge is 0.233 e. The zero-order chi connectivity index (χ0) is 16.4. The van der Waals surface area contributed by atoms with Crippen LogP contribution in [0.4, 0.5) is 0 Å². The summed E-state index contributed by atoms with van der Waals surface area (Å²) in [6.07, 6.45) is 2.25. The van der Waals surface area contributed by atoms with Crippen molar-refractivity contribution in [3.63, 3.8) is 0 Å². The molecule has 0 spiro atoms. The van der Waals surface area contributed by atoms with Gasteiger partial charge >= 0.3 is 0 Å². The summed E-state index contributed by atoms with van der Waals surface area (Å²) in [5.41, 5.74) is 3.10. The lowest BCUT2D eigenvalue weighted by Crippen LogP contribution is -2.29. The third kappa shape index (κ3) is 2.91. The van der Waals surface area contributed by atoms with E-state index in [1.165, 1.54) is 11.8 Å². The number of rotatable bonds is 4. The summed E-state index contributed by atoms with van der Waals surface area (Å²) in [4.78, 5) is 19.1. The Labute approximate surface area is 145 Å². The van der Waals surface area contributed by atoms with Crippen molar-refractivity contribution in [3.8, 4) is 5.69 Å². The minimum Gasteiger partial charge on any atom is -0.342 e. The Hall–Kier alpha value is -2.27. The predicted octanol–water partition coefficient (Wildman–Crippen LogP) is 3.74. The fraction of sp³-hybridized carbons (Fsp3) is 0.263. The highest BCUT2D eigenvalue weighted by molar-refractivity contribution is 7.99. The molecule has 5 heteroatoms. The van der Waals surface area contributed by atoms with Crippen molar-refractivity contribution in [2.75, 3.05) is 18.8 Å². The number of carbonyl (C=O) groups excluding carboxylic acids is 1. The van der Waals surface area contributed by atoms with E-state index in [-0.39, 0.29) is 5.91 Å². The van der Waals surface area contributed by atoms with Crippen molar-refractivity contribution >= 4 is 28.7 Å². The molecule has 4 rings (SSSR count). The summed E-state index contributed by atoms with van der Waals surface area (Å²) in [5, 5.41) is 0.870. The molecule has 2 heterocycles. The standard InChI is InChI=1S/C19H19N3OS/c23-18(21-12-6-7-13-21)14-24-19-20-16-10-4-5-11-17(16)22(19)15-8-2-1-3-9-15/h1-5,8-11H,6-7,12-14H2. The van der Waals surface area contributed by atoms with Crippen LogP contribution in [0.2, 0.25) is 0 Å². The fourth-order valence-electron chi connectivity index (χ4n) is 3.11. The zero-order valence-electron chi connectivity index (χ0n) is 13.4. The molecule has 3 aromatic rings. The van der Waals surface area contributed by atoms with Crippen molar-refractivity contribution in [2.45, 2.75) is 18.0 Å². The van der Waals surface area contributed by atoms with Crippen molar-refractivity contribution in [2.24, 2.45) is 0 Å². The number of thioether (sulfide) groups is 1. The molecule has 1 saturated heterocycles. The molecule has 2 aromatic carbocycles. The van der Waals surface area contributed by atoms with Crippen LogP contribution in [0.15, 0.2) is 59.8 Å². The van der Waals surface area contributed by atoms with Crippen LogP contribution < -0.4 is 0 Å². The number of aromatic nitrogens is 2. The first-order valence-corrected chi connectivity index (χ1v) is 9.25. The number of likely N-dealkylation sites (tertiary alicyclic amines) is 1. The van der Waals surface area contributed by atoms with Crippen LogP contribution in [-0.2, 0) is 4.79 Å². The van der Waals surface area contributed by atoms with Crippen molar-refractivity contribution in [1.82, 2.24) is 14.5 Å². The summed E-state index contributed by atoms with van der Waals surface area (Å²) in [6, 6.07) is 18.3. The Morgan fingerprint density at radius 3 is 2.50 bits per heavy atom. The van der Waals surface area contributed by atoms with Gasteiger partial charge < -0.3 is 4.90 Å². The third-order valence-corrected chi connectivity index (χ3v) is 5.25. The SMILES string of the molecule is O=C(CSc1nc2ccccc2n1-c1ccccc1)N1CCCC1. The Morgan fingerprint density at radius 1 is 1.00 bits per heavy atom. The number of fused-ring (bicyclic) bond motifs is 1. The van der Waals surface area contributed by atoms with Gasteiger partial charge in [0.15, 0.2) is 5.16 Å². The summed E-state index contributed by atoms with van der Waals surface area (Å²) in [6.45, 7) is 1.79. The van der Waals surface area contributed by atoms with Crippen molar-refractivity contribution in [3.05, 3.63) is 54.6 Å². The van der Waals surface area contributed by atoms with Gasteiger partial charge in [-0.25, -0.2) is 4.98 Å². The first-order chi connectivity index (χ1) is 11.8. The average molecular weight is 337 g/mol. The minimum atomic E-state index is 0.212. The quantitative estimate of drug-likeness (QED) is 0.681. The Kier molecular flexibility index (Phi) is 4.26. The maximum atomic E-state index is 12.3. The Bertz CT molecular complexity index is 853. The maximum Gasteiger partial charge on any atom is 0.233 e. The Balaban J connectivity index is 1.66. The van der Waals surface area contributed by atoms with Gasteiger partial charge in [-0.2, -0.15) is 0 Å². The van der Waals surface area contributed by atoms with E-state index in [1.807, 2.05) is 41.3 Å². The number of hydrogen-bond donors (Lipinski definition) is 0. The maximum absolute atomic E-state index is 12.3. The van der Waals surface area contributed by atoms with E-state index < -0.39 is 0 Å². The molecule has 0 atom stereocenters. The summed E-state index contributed by atoms with van der Waals surface area (Å²) >= 11 is 1.52. The molecule has 24 heavy (non-hydrogen) atoms. The van der Waals surface area contributed by atoms with Gasteiger partial charge in [-0.3, -0.25) is 9.36 Å². The molecule has 0 unspecified atom stereocenters. The van der Waals surface area contributed by atoms with Crippen molar-refractivity contribution < 1.29 is 4.79 Å². The fourth-order valence-corrected chi connectivity index (χ4v) is 4.04. The van der Waals surface area contributed by atoms with E-state index in [9.17, 15) is 4.79 Å². The second kappa shape index (κ2) is 6.69. The molecule has 0 bridgehead atoms. The number of hydrogen-bond acceptors (Lipinski definition) is 3. The van der Waals surface area contributed by atoms with E-state index in [4.69, 9.17) is 4.98 Å². The van der Waals surface area contributed by atoms with Gasteiger partial charge in [0.2, 0.25) is 5.91 Å². The minimum absolute atomic E-state index is 0.212. The molecule has 1 fully saturated rings. The Morgan fingerprint density at radius 2 is 1.71 bits per heavy atom. The monoisotopic (exact) mass is 337 g/mol. The number of carbonyl (C=O) groups is 1. The van der Waals surface area contributed by atoms with E-state index in [0.29, 0.717) is 5.75 Å². The van der Waals surface area contributed by atoms with Gasteiger partial charge in [-0.05, 0) is 37.1 Å². The normalized spacial score (nSPS) is 14.4.